The van der Waals surface area contributed by atoms with Gasteiger partial charge in [0.05, 0.1) is 49.3 Å². The van der Waals surface area contributed by atoms with Crippen molar-refractivity contribution in [3.05, 3.63) is 48.0 Å². The second kappa shape index (κ2) is 29.3. The third-order valence-corrected chi connectivity index (χ3v) is 15.6. The normalized spacial score (nSPS) is 19.4. The van der Waals surface area contributed by atoms with Crippen molar-refractivity contribution < 1.29 is 66.9 Å². The van der Waals surface area contributed by atoms with Crippen molar-refractivity contribution in [2.75, 3.05) is 54.6 Å². The number of aliphatic hydroxyl groups is 1. The molecule has 2 heterocycles. The molecule has 0 bridgehead atoms. The van der Waals surface area contributed by atoms with Gasteiger partial charge in [-0.05, 0) is 56.6 Å². The van der Waals surface area contributed by atoms with Gasteiger partial charge in [0.1, 0.15) is 12.1 Å². The van der Waals surface area contributed by atoms with Crippen LogP contribution in [0.25, 0.3) is 0 Å². The van der Waals surface area contributed by atoms with Crippen molar-refractivity contribution in [1.29, 1.82) is 0 Å². The highest BCUT2D eigenvalue weighted by molar-refractivity contribution is 7.50. The number of imide groups is 3. The highest BCUT2D eigenvalue weighted by Crippen LogP contribution is 2.47. The molecule has 0 aliphatic carbocycles. The molecule has 73 heavy (non-hydrogen) atoms. The van der Waals surface area contributed by atoms with Gasteiger partial charge in [-0.3, -0.25) is 42.9 Å². The molecule has 1 fully saturated rings. The van der Waals surface area contributed by atoms with E-state index in [1.807, 2.05) is 32.0 Å². The number of carbonyl (C=O) groups excluding carboxylic acids is 8. The first-order valence-corrected chi connectivity index (χ1v) is 26.9. The van der Waals surface area contributed by atoms with Crippen LogP contribution in [0.4, 0.5) is 0 Å². The second-order valence-electron chi connectivity index (χ2n) is 19.9. The van der Waals surface area contributed by atoms with Crippen molar-refractivity contribution >= 4 is 55.0 Å². The molecule has 2 aliphatic heterocycles. The summed E-state index contributed by atoms with van der Waals surface area (Å²) in [6.45, 7) is 14.6. The monoisotopic (exact) mass is 1050 g/mol. The Labute approximate surface area is 431 Å². The number of aliphatic hydroxyl groups excluding tert-OH is 1. The predicted octanol–water partition coefficient (Wildman–Crippen LogP) is 3.34. The Kier molecular flexibility index (Phi) is 25.0. The molecule has 8 amide bonds. The molecule has 0 radical (unpaired) electrons. The second-order valence-corrected chi connectivity index (χ2v) is 21.8. The Morgan fingerprint density at radius 3 is 2.03 bits per heavy atom. The van der Waals surface area contributed by atoms with Crippen molar-refractivity contribution in [1.82, 2.24) is 35.3 Å². The third-order valence-electron chi connectivity index (χ3n) is 14.0. The number of carbonyl (C=O) groups is 8. The molecular formula is C51H82N7O14P. The number of hydrogen-bond donors (Lipinski definition) is 5. The van der Waals surface area contributed by atoms with Crippen LogP contribution < -0.4 is 16.0 Å². The fourth-order valence-electron chi connectivity index (χ4n) is 9.53. The summed E-state index contributed by atoms with van der Waals surface area (Å²) in [5.74, 6) is -5.98. The Balaban J connectivity index is 1.60. The molecule has 0 saturated carbocycles. The fourth-order valence-corrected chi connectivity index (χ4v) is 10.7. The summed E-state index contributed by atoms with van der Waals surface area (Å²) in [5, 5.41) is 19.2. The maximum atomic E-state index is 14.5. The first-order chi connectivity index (χ1) is 34.3. The van der Waals surface area contributed by atoms with E-state index in [0.29, 0.717) is 36.4 Å². The van der Waals surface area contributed by atoms with Crippen molar-refractivity contribution in [3.8, 4) is 0 Å². The van der Waals surface area contributed by atoms with Gasteiger partial charge in [-0.1, -0.05) is 85.2 Å². The van der Waals surface area contributed by atoms with Crippen LogP contribution in [0, 0.1) is 29.6 Å². The minimum absolute atomic E-state index is 0.00917. The van der Waals surface area contributed by atoms with Gasteiger partial charge in [-0.2, -0.15) is 4.67 Å². The number of methoxy groups -OCH3 is 2. The molecule has 21 nitrogen and oxygen atoms in total. The molecule has 2 aliphatic rings. The van der Waals surface area contributed by atoms with E-state index in [2.05, 4.69) is 16.0 Å². The molecule has 3 rings (SSSR count). The molecule has 0 spiro atoms. The first kappa shape index (κ1) is 62.4. The zero-order valence-electron chi connectivity index (χ0n) is 44.8. The van der Waals surface area contributed by atoms with E-state index in [1.165, 1.54) is 19.1 Å². The van der Waals surface area contributed by atoms with Crippen LogP contribution in [-0.2, 0) is 56.9 Å². The lowest BCUT2D eigenvalue weighted by atomic mass is 9.89. The highest BCUT2D eigenvalue weighted by atomic mass is 31.2. The quantitative estimate of drug-likeness (QED) is 0.0420. The Hall–Kier alpha value is -4.89. The topological polar surface area (TPSA) is 271 Å². The maximum Gasteiger partial charge on any atom is 0.406 e. The van der Waals surface area contributed by atoms with E-state index < -0.39 is 103 Å². The number of unbranched alkanes of at least 4 members (excludes halogenated alkanes) is 1. The van der Waals surface area contributed by atoms with Gasteiger partial charge in [0.25, 0.3) is 11.8 Å². The maximum absolute atomic E-state index is 14.5. The zero-order valence-corrected chi connectivity index (χ0v) is 45.7. The number of benzene rings is 1. The molecule has 1 saturated heterocycles. The molecule has 1 aromatic carbocycles. The van der Waals surface area contributed by atoms with E-state index in [9.17, 15) is 52.9 Å². The van der Waals surface area contributed by atoms with Gasteiger partial charge >= 0.3 is 7.75 Å². The summed E-state index contributed by atoms with van der Waals surface area (Å²) in [6, 6.07) is 5.58. The average molecular weight is 1050 g/mol. The summed E-state index contributed by atoms with van der Waals surface area (Å²) in [4.78, 5) is 119. The van der Waals surface area contributed by atoms with Gasteiger partial charge < -0.3 is 45.2 Å². The molecule has 11 atom stereocenters. The van der Waals surface area contributed by atoms with Crippen LogP contribution in [0.2, 0.25) is 0 Å². The molecule has 1 aromatic rings. The minimum Gasteiger partial charge on any atom is -0.386 e. The third kappa shape index (κ3) is 17.3. The summed E-state index contributed by atoms with van der Waals surface area (Å²) >= 11 is 0. The lowest BCUT2D eigenvalue weighted by Crippen LogP contribution is -2.59. The number of likely N-dealkylation sites (N-methyl/N-ethyl adjacent to an activating group) is 2. The number of likely N-dealkylation sites (tertiary alicyclic amines) is 1. The summed E-state index contributed by atoms with van der Waals surface area (Å²) in [6.07, 6.45) is 1.45. The van der Waals surface area contributed by atoms with E-state index in [0.717, 1.165) is 16.8 Å². The van der Waals surface area contributed by atoms with E-state index in [4.69, 9.17) is 14.0 Å². The number of nitrogens with zero attached hydrogens (tertiary/aromatic N) is 4. The number of hydrogen-bond acceptors (Lipinski definition) is 13. The lowest BCUT2D eigenvalue weighted by Gasteiger charge is -2.40. The molecule has 0 aromatic heterocycles. The highest BCUT2D eigenvalue weighted by Gasteiger charge is 2.44. The van der Waals surface area contributed by atoms with Crippen LogP contribution in [0.5, 0.6) is 0 Å². The van der Waals surface area contributed by atoms with Crippen molar-refractivity contribution in [3.63, 3.8) is 0 Å². The van der Waals surface area contributed by atoms with Crippen LogP contribution in [0.15, 0.2) is 42.5 Å². The van der Waals surface area contributed by atoms with Crippen LogP contribution in [-0.4, -0.2) is 168 Å². The van der Waals surface area contributed by atoms with Gasteiger partial charge in [0.2, 0.25) is 35.4 Å². The SMILES string of the molecule is CC[C@H](C)[C@@H]([C@@H](CC(=O)N1CCC([C@H](OC)[C@@H](C)C(=O)N[C@H](C)[C@@H](O)c2ccccc2)C1)OC)N(C)C(=O)[C@@H](NC(=O)[C@H](C(C)C)N(C)P(=O)(O)OCCNC(=O)CCCCC(=O)N1C(=O)C=CC1=O)C(C)C. The Bertz CT molecular complexity index is 2110. The molecular weight excluding hydrogens is 966 g/mol. The van der Waals surface area contributed by atoms with E-state index >= 15 is 0 Å². The summed E-state index contributed by atoms with van der Waals surface area (Å²) in [5.41, 5.74) is 0.685. The van der Waals surface area contributed by atoms with Gasteiger partial charge in [-0.15, -0.1) is 0 Å². The number of amides is 8. The van der Waals surface area contributed by atoms with Crippen molar-refractivity contribution in [2.45, 2.75) is 143 Å². The largest absolute Gasteiger partial charge is 0.406 e. The first-order valence-electron chi connectivity index (χ1n) is 25.3. The lowest BCUT2D eigenvalue weighted by molar-refractivity contribution is -0.148. The van der Waals surface area contributed by atoms with E-state index in [1.54, 1.807) is 72.7 Å². The molecule has 2 unspecified atom stereocenters. The standard InChI is InChI=1S/C51H82N7O14P/c1-13-33(6)46(38(70-11)29-43(63)57-27-25-37(30-57)48(71-12)34(7)49(65)53-35(8)47(64)36-19-15-14-16-20-36)55(9)51(67)44(31(2)3)54-50(66)45(32(4)5)56(10)73(68,69)72-28-26-52-39(59)21-17-18-22-40(60)58-41(61)23-24-42(58)62/h14-16,19-20,23-24,31-35,37-38,44-48,64H,13,17-18,21-22,25-30H2,1-12H3,(H,52,59)(H,53,65)(H,54,66)(H,68,69)/t33-,34+,35+,37?,38+,44-,45-,46-,47+,48+/m0/s1. The minimum atomic E-state index is -4.65. The average Bonchev–Trinajstić information content (AvgIpc) is 3.98. The van der Waals surface area contributed by atoms with E-state index in [-0.39, 0.29) is 68.9 Å². The van der Waals surface area contributed by atoms with Crippen LogP contribution in [0.1, 0.15) is 112 Å². The number of rotatable bonds is 30. The Morgan fingerprint density at radius 2 is 1.47 bits per heavy atom. The summed E-state index contributed by atoms with van der Waals surface area (Å²) in [7, 11) is 1.25. The van der Waals surface area contributed by atoms with Crippen LogP contribution in [0.3, 0.4) is 0 Å². The van der Waals surface area contributed by atoms with Crippen LogP contribution >= 0.6 is 7.75 Å². The van der Waals surface area contributed by atoms with Gasteiger partial charge in [-0.25, -0.2) is 9.46 Å². The fraction of sp³-hybridized carbons (Fsp3) is 0.686. The zero-order chi connectivity index (χ0) is 54.9. The summed E-state index contributed by atoms with van der Waals surface area (Å²) < 4.78 is 31.6. The molecule has 22 heteroatoms. The molecule has 410 valence electrons. The smallest absolute Gasteiger partial charge is 0.386 e. The van der Waals surface area contributed by atoms with Gasteiger partial charge in [0.15, 0.2) is 0 Å². The van der Waals surface area contributed by atoms with Gasteiger partial charge in [0, 0.05) is 71.8 Å². The van der Waals surface area contributed by atoms with Crippen molar-refractivity contribution in [2.24, 2.45) is 29.6 Å². The number of ether oxygens (including phenoxy) is 2. The predicted molar refractivity (Wildman–Crippen MR) is 271 cm³/mol. The molecule has 5 N–H and O–H groups in total. The number of nitrogens with one attached hydrogen (secondary N) is 3. The Morgan fingerprint density at radius 1 is 0.849 bits per heavy atom.